The first-order valence-corrected chi connectivity index (χ1v) is 6.78. The topological polar surface area (TPSA) is 60.1 Å². The smallest absolute Gasteiger partial charge is 0.103 e. The number of nitrogens with zero attached hydrogens (tertiary/aromatic N) is 3. The fraction of sp³-hybridized carbons (Fsp3) is 0.600. The second kappa shape index (κ2) is 5.18. The van der Waals surface area contributed by atoms with Crippen LogP contribution in [0.25, 0.3) is 0 Å². The summed E-state index contributed by atoms with van der Waals surface area (Å²) in [7, 11) is 0. The first-order valence-electron chi connectivity index (χ1n) is 6.78. The molecule has 1 fully saturated rings. The number of aryl methyl sites for hydroxylation is 2. The van der Waals surface area contributed by atoms with E-state index in [9.17, 15) is 10.4 Å². The van der Waals surface area contributed by atoms with Gasteiger partial charge in [-0.3, -0.25) is 4.98 Å². The van der Waals surface area contributed by atoms with E-state index in [1.807, 2.05) is 26.8 Å². The van der Waals surface area contributed by atoms with E-state index < -0.39 is 5.60 Å². The monoisotopic (exact) mass is 259 g/mol. The van der Waals surface area contributed by atoms with Gasteiger partial charge >= 0.3 is 0 Å². The van der Waals surface area contributed by atoms with Crippen LogP contribution in [0, 0.1) is 25.2 Å². The SMILES string of the molecule is Cc1cc(N2CCCC(C)(O)CC2)c(C#N)c(C)n1. The van der Waals surface area contributed by atoms with Crippen molar-refractivity contribution in [3.05, 3.63) is 23.0 Å². The van der Waals surface area contributed by atoms with Crippen LogP contribution in [-0.2, 0) is 0 Å². The van der Waals surface area contributed by atoms with Gasteiger partial charge in [0.2, 0.25) is 0 Å². The van der Waals surface area contributed by atoms with Gasteiger partial charge in [-0.05, 0) is 46.1 Å². The Morgan fingerprint density at radius 2 is 2.11 bits per heavy atom. The molecule has 0 aromatic carbocycles. The normalized spacial score (nSPS) is 23.8. The van der Waals surface area contributed by atoms with Crippen molar-refractivity contribution < 1.29 is 5.11 Å². The molecule has 4 heteroatoms. The number of pyridine rings is 1. The fourth-order valence-corrected chi connectivity index (χ4v) is 2.70. The lowest BCUT2D eigenvalue weighted by Crippen LogP contribution is -2.29. The Labute approximate surface area is 114 Å². The van der Waals surface area contributed by atoms with Crippen LogP contribution in [-0.4, -0.2) is 28.8 Å². The summed E-state index contributed by atoms with van der Waals surface area (Å²) < 4.78 is 0. The van der Waals surface area contributed by atoms with Crippen LogP contribution in [0.3, 0.4) is 0 Å². The van der Waals surface area contributed by atoms with Gasteiger partial charge in [0.25, 0.3) is 0 Å². The highest BCUT2D eigenvalue weighted by Gasteiger charge is 2.26. The Morgan fingerprint density at radius 1 is 1.37 bits per heavy atom. The molecule has 4 nitrogen and oxygen atoms in total. The molecule has 0 saturated carbocycles. The second-order valence-corrected chi connectivity index (χ2v) is 5.69. The molecule has 1 saturated heterocycles. The van der Waals surface area contributed by atoms with Crippen molar-refractivity contribution >= 4 is 5.69 Å². The minimum absolute atomic E-state index is 0.585. The molecule has 0 amide bonds. The van der Waals surface area contributed by atoms with E-state index >= 15 is 0 Å². The van der Waals surface area contributed by atoms with E-state index in [2.05, 4.69) is 16.0 Å². The molecule has 1 unspecified atom stereocenters. The van der Waals surface area contributed by atoms with E-state index in [-0.39, 0.29) is 0 Å². The van der Waals surface area contributed by atoms with Crippen LogP contribution >= 0.6 is 0 Å². The minimum atomic E-state index is -0.585. The number of rotatable bonds is 1. The number of aromatic nitrogens is 1. The van der Waals surface area contributed by atoms with Gasteiger partial charge in [0.05, 0.1) is 22.5 Å². The lowest BCUT2D eigenvalue weighted by molar-refractivity contribution is 0.0481. The molecule has 0 bridgehead atoms. The van der Waals surface area contributed by atoms with E-state index in [1.54, 1.807) is 0 Å². The summed E-state index contributed by atoms with van der Waals surface area (Å²) in [6.45, 7) is 7.39. The van der Waals surface area contributed by atoms with Crippen molar-refractivity contribution in [2.24, 2.45) is 0 Å². The molecule has 1 aromatic rings. The maximum absolute atomic E-state index is 10.2. The lowest BCUT2D eigenvalue weighted by atomic mass is 9.98. The third-order valence-electron chi connectivity index (χ3n) is 3.82. The van der Waals surface area contributed by atoms with E-state index in [1.165, 1.54) is 0 Å². The number of aliphatic hydroxyl groups is 1. The van der Waals surface area contributed by atoms with Gasteiger partial charge in [-0.2, -0.15) is 5.26 Å². The van der Waals surface area contributed by atoms with Crippen LogP contribution in [0.4, 0.5) is 5.69 Å². The van der Waals surface area contributed by atoms with Crippen LogP contribution < -0.4 is 4.90 Å². The van der Waals surface area contributed by atoms with Gasteiger partial charge in [-0.25, -0.2) is 0 Å². The van der Waals surface area contributed by atoms with Crippen molar-refractivity contribution in [2.75, 3.05) is 18.0 Å². The van der Waals surface area contributed by atoms with E-state index in [0.717, 1.165) is 49.4 Å². The zero-order chi connectivity index (χ0) is 14.0. The highest BCUT2D eigenvalue weighted by molar-refractivity contribution is 5.61. The lowest BCUT2D eigenvalue weighted by Gasteiger charge is -2.25. The van der Waals surface area contributed by atoms with Crippen molar-refractivity contribution in [1.82, 2.24) is 4.98 Å². The molecule has 102 valence electrons. The third-order valence-corrected chi connectivity index (χ3v) is 3.82. The van der Waals surface area contributed by atoms with Crippen molar-refractivity contribution in [2.45, 2.75) is 45.6 Å². The first kappa shape index (κ1) is 13.8. The summed E-state index contributed by atoms with van der Waals surface area (Å²) in [5.74, 6) is 0. The summed E-state index contributed by atoms with van der Waals surface area (Å²) in [5.41, 5.74) is 2.76. The van der Waals surface area contributed by atoms with Gasteiger partial charge in [0, 0.05) is 18.8 Å². The van der Waals surface area contributed by atoms with Gasteiger partial charge < -0.3 is 10.0 Å². The standard InChI is InChI=1S/C15H21N3O/c1-11-9-14(13(10-16)12(2)17-11)18-7-4-5-15(3,19)6-8-18/h9,19H,4-8H2,1-3H3. The Balaban J connectivity index is 2.34. The van der Waals surface area contributed by atoms with Gasteiger partial charge in [0.1, 0.15) is 6.07 Å². The Morgan fingerprint density at radius 3 is 2.79 bits per heavy atom. The molecule has 2 rings (SSSR count). The summed E-state index contributed by atoms with van der Waals surface area (Å²) >= 11 is 0. The molecule has 2 heterocycles. The van der Waals surface area contributed by atoms with E-state index in [4.69, 9.17) is 0 Å². The largest absolute Gasteiger partial charge is 0.390 e. The van der Waals surface area contributed by atoms with Gasteiger partial charge in [0.15, 0.2) is 0 Å². The number of nitriles is 1. The maximum Gasteiger partial charge on any atom is 0.103 e. The molecule has 1 aromatic heterocycles. The molecular weight excluding hydrogens is 238 g/mol. The molecular formula is C15H21N3O. The summed E-state index contributed by atoms with van der Waals surface area (Å²) in [6, 6.07) is 4.24. The number of hydrogen-bond acceptors (Lipinski definition) is 4. The molecule has 1 atom stereocenters. The Bertz CT molecular complexity index is 517. The van der Waals surface area contributed by atoms with E-state index in [0.29, 0.717) is 5.56 Å². The van der Waals surface area contributed by atoms with Crippen LogP contribution in [0.5, 0.6) is 0 Å². The second-order valence-electron chi connectivity index (χ2n) is 5.69. The summed E-state index contributed by atoms with van der Waals surface area (Å²) in [5, 5.41) is 19.5. The van der Waals surface area contributed by atoms with Crippen molar-refractivity contribution in [3.8, 4) is 6.07 Å². The molecule has 1 aliphatic rings. The average Bonchev–Trinajstić information content (AvgIpc) is 2.49. The van der Waals surface area contributed by atoms with Crippen molar-refractivity contribution in [3.63, 3.8) is 0 Å². The zero-order valence-corrected chi connectivity index (χ0v) is 11.9. The van der Waals surface area contributed by atoms with Crippen molar-refractivity contribution in [1.29, 1.82) is 5.26 Å². The predicted octanol–water partition coefficient (Wildman–Crippen LogP) is 2.31. The predicted molar refractivity (Wildman–Crippen MR) is 75.1 cm³/mol. The zero-order valence-electron chi connectivity index (χ0n) is 11.9. The highest BCUT2D eigenvalue weighted by Crippen LogP contribution is 2.28. The van der Waals surface area contributed by atoms with Crippen LogP contribution in [0.1, 0.15) is 43.1 Å². The van der Waals surface area contributed by atoms with Crippen LogP contribution in [0.2, 0.25) is 0 Å². The minimum Gasteiger partial charge on any atom is -0.390 e. The molecule has 0 spiro atoms. The molecule has 0 radical (unpaired) electrons. The Hall–Kier alpha value is -1.60. The number of hydrogen-bond donors (Lipinski definition) is 1. The first-order chi connectivity index (χ1) is 8.93. The number of anilines is 1. The molecule has 0 aliphatic carbocycles. The summed E-state index contributed by atoms with van der Waals surface area (Å²) in [6.07, 6.45) is 2.49. The molecule has 1 N–H and O–H groups in total. The quantitative estimate of drug-likeness (QED) is 0.840. The molecule has 19 heavy (non-hydrogen) atoms. The summed E-state index contributed by atoms with van der Waals surface area (Å²) in [4.78, 5) is 6.56. The highest BCUT2D eigenvalue weighted by atomic mass is 16.3. The van der Waals surface area contributed by atoms with Crippen LogP contribution in [0.15, 0.2) is 6.07 Å². The Kier molecular flexibility index (Phi) is 3.77. The van der Waals surface area contributed by atoms with Gasteiger partial charge in [-0.1, -0.05) is 0 Å². The fourth-order valence-electron chi connectivity index (χ4n) is 2.70. The maximum atomic E-state index is 10.2. The third kappa shape index (κ3) is 3.05. The van der Waals surface area contributed by atoms with Gasteiger partial charge in [-0.15, -0.1) is 0 Å². The molecule has 1 aliphatic heterocycles. The average molecular weight is 259 g/mol.